The number of rotatable bonds is 4. The maximum Gasteiger partial charge on any atom is 0.325 e. The number of para-hydroxylation sites is 2. The van der Waals surface area contributed by atoms with Gasteiger partial charge in [0.15, 0.2) is 0 Å². The highest BCUT2D eigenvalue weighted by molar-refractivity contribution is 6.12. The number of imide groups is 1. The maximum atomic E-state index is 13.4. The predicted molar refractivity (Wildman–Crippen MR) is 115 cm³/mol. The smallest absolute Gasteiger partial charge is 0.324 e. The number of amides is 5. The molecule has 0 spiro atoms. The zero-order valence-electron chi connectivity index (χ0n) is 17.7. The van der Waals surface area contributed by atoms with Crippen molar-refractivity contribution in [2.75, 3.05) is 16.8 Å². The van der Waals surface area contributed by atoms with Gasteiger partial charge in [0.05, 0.1) is 11.4 Å². The van der Waals surface area contributed by atoms with E-state index in [4.69, 9.17) is 0 Å². The van der Waals surface area contributed by atoms with Crippen LogP contribution in [0.1, 0.15) is 32.3 Å². The van der Waals surface area contributed by atoms with E-state index in [2.05, 4.69) is 10.6 Å². The van der Waals surface area contributed by atoms with Gasteiger partial charge in [-0.25, -0.2) is 9.18 Å². The standard InChI is InChI=1S/C23H23FN4O4/c1-3-23(15-8-10-16(24)11-9-15)21(31)27(22(32)26-23)13-20(30)28-14(2)12-19(29)25-17-6-4-5-7-18(17)28/h4-11,14H,3,12-13H2,1-2H3,(H,25,29)(H,26,32)/t14-,23-/m0/s1. The number of nitrogens with one attached hydrogen (secondary N) is 2. The molecule has 9 heteroatoms. The number of nitrogens with zero attached hydrogens (tertiary/aromatic N) is 2. The van der Waals surface area contributed by atoms with E-state index in [1.54, 1.807) is 38.1 Å². The van der Waals surface area contributed by atoms with Gasteiger partial charge in [-0.3, -0.25) is 19.3 Å². The van der Waals surface area contributed by atoms with Crippen molar-refractivity contribution in [1.82, 2.24) is 10.2 Å². The lowest BCUT2D eigenvalue weighted by atomic mass is 9.87. The number of carbonyl (C=O) groups excluding carboxylic acids is 4. The third-order valence-corrected chi connectivity index (χ3v) is 5.96. The number of hydrogen-bond donors (Lipinski definition) is 2. The van der Waals surface area contributed by atoms with Gasteiger partial charge in [-0.15, -0.1) is 0 Å². The first kappa shape index (κ1) is 21.5. The third-order valence-electron chi connectivity index (χ3n) is 5.96. The second-order valence-corrected chi connectivity index (χ2v) is 7.97. The Balaban J connectivity index is 1.63. The Labute approximate surface area is 184 Å². The van der Waals surface area contributed by atoms with E-state index in [1.165, 1.54) is 29.2 Å². The molecule has 0 bridgehead atoms. The lowest BCUT2D eigenvalue weighted by Gasteiger charge is -2.29. The molecule has 2 aliphatic heterocycles. The summed E-state index contributed by atoms with van der Waals surface area (Å²) in [6, 6.07) is 11.1. The summed E-state index contributed by atoms with van der Waals surface area (Å²) < 4.78 is 13.4. The van der Waals surface area contributed by atoms with Crippen LogP contribution in [0.25, 0.3) is 0 Å². The average molecular weight is 438 g/mol. The second kappa shape index (κ2) is 8.07. The molecule has 0 saturated carbocycles. The van der Waals surface area contributed by atoms with Gasteiger partial charge >= 0.3 is 6.03 Å². The highest BCUT2D eigenvalue weighted by Gasteiger charge is 2.52. The number of hydrogen-bond acceptors (Lipinski definition) is 4. The van der Waals surface area contributed by atoms with Crippen molar-refractivity contribution in [2.45, 2.75) is 38.3 Å². The van der Waals surface area contributed by atoms with Crippen molar-refractivity contribution in [2.24, 2.45) is 0 Å². The summed E-state index contributed by atoms with van der Waals surface area (Å²) in [5.74, 6) is -1.75. The van der Waals surface area contributed by atoms with E-state index in [9.17, 15) is 23.6 Å². The van der Waals surface area contributed by atoms with Crippen molar-refractivity contribution in [3.05, 3.63) is 59.9 Å². The van der Waals surface area contributed by atoms with Crippen molar-refractivity contribution >= 4 is 35.1 Å². The number of halogens is 1. The van der Waals surface area contributed by atoms with Gasteiger partial charge in [0.2, 0.25) is 11.8 Å². The van der Waals surface area contributed by atoms with Crippen LogP contribution in [0.2, 0.25) is 0 Å². The van der Waals surface area contributed by atoms with Crippen LogP contribution >= 0.6 is 0 Å². The maximum absolute atomic E-state index is 13.4. The van der Waals surface area contributed by atoms with Gasteiger partial charge in [0.1, 0.15) is 17.9 Å². The molecule has 166 valence electrons. The number of anilines is 2. The van der Waals surface area contributed by atoms with Crippen LogP contribution in [0.15, 0.2) is 48.5 Å². The molecule has 0 aliphatic carbocycles. The molecule has 2 heterocycles. The van der Waals surface area contributed by atoms with Crippen LogP contribution in [0.4, 0.5) is 20.6 Å². The Bertz CT molecular complexity index is 1100. The average Bonchev–Trinajstić information content (AvgIpc) is 2.92. The molecule has 1 saturated heterocycles. The second-order valence-electron chi connectivity index (χ2n) is 7.97. The zero-order valence-corrected chi connectivity index (χ0v) is 17.7. The van der Waals surface area contributed by atoms with Gasteiger partial charge in [-0.1, -0.05) is 31.2 Å². The molecule has 2 aliphatic rings. The summed E-state index contributed by atoms with van der Waals surface area (Å²) in [5.41, 5.74) is 0.0630. The summed E-state index contributed by atoms with van der Waals surface area (Å²) in [6.07, 6.45) is 0.310. The third kappa shape index (κ3) is 3.49. The van der Waals surface area contributed by atoms with Gasteiger partial charge in [0, 0.05) is 12.5 Å². The highest BCUT2D eigenvalue weighted by Crippen LogP contribution is 2.34. The topological polar surface area (TPSA) is 98.8 Å². The minimum atomic E-state index is -1.37. The van der Waals surface area contributed by atoms with Crippen LogP contribution in [-0.4, -0.2) is 41.2 Å². The molecule has 0 aromatic heterocycles. The summed E-state index contributed by atoms with van der Waals surface area (Å²) in [5, 5.41) is 5.46. The first-order valence-corrected chi connectivity index (χ1v) is 10.4. The molecule has 5 amide bonds. The molecule has 2 N–H and O–H groups in total. The minimum Gasteiger partial charge on any atom is -0.324 e. The minimum absolute atomic E-state index is 0.0784. The van der Waals surface area contributed by atoms with Crippen LogP contribution in [0, 0.1) is 5.82 Å². The van der Waals surface area contributed by atoms with Crippen LogP contribution in [0.5, 0.6) is 0 Å². The summed E-state index contributed by atoms with van der Waals surface area (Å²) in [6.45, 7) is 2.98. The van der Waals surface area contributed by atoms with Gasteiger partial charge in [0.25, 0.3) is 5.91 Å². The van der Waals surface area contributed by atoms with E-state index < -0.39 is 41.8 Å². The van der Waals surface area contributed by atoms with Gasteiger partial charge < -0.3 is 15.5 Å². The molecule has 8 nitrogen and oxygen atoms in total. The zero-order chi connectivity index (χ0) is 23.0. The molecule has 0 unspecified atom stereocenters. The largest absolute Gasteiger partial charge is 0.325 e. The van der Waals surface area contributed by atoms with E-state index in [1.807, 2.05) is 0 Å². The molecule has 2 aromatic rings. The van der Waals surface area contributed by atoms with E-state index in [0.717, 1.165) is 4.90 Å². The Morgan fingerprint density at radius 1 is 1.12 bits per heavy atom. The number of urea groups is 1. The van der Waals surface area contributed by atoms with Crippen molar-refractivity contribution in [3.8, 4) is 0 Å². The molecular weight excluding hydrogens is 415 g/mol. The fraction of sp³-hybridized carbons (Fsp3) is 0.304. The molecule has 4 rings (SSSR count). The Hall–Kier alpha value is -3.75. The summed E-state index contributed by atoms with van der Waals surface area (Å²) in [4.78, 5) is 53.9. The fourth-order valence-electron chi connectivity index (χ4n) is 4.32. The normalized spacial score (nSPS) is 22.8. The highest BCUT2D eigenvalue weighted by atomic mass is 19.1. The molecule has 1 fully saturated rings. The van der Waals surface area contributed by atoms with Crippen molar-refractivity contribution < 1.29 is 23.6 Å². The van der Waals surface area contributed by atoms with Crippen LogP contribution in [-0.2, 0) is 19.9 Å². The lowest BCUT2D eigenvalue weighted by Crippen LogP contribution is -2.48. The quantitative estimate of drug-likeness (QED) is 0.717. The monoisotopic (exact) mass is 438 g/mol. The van der Waals surface area contributed by atoms with Gasteiger partial charge in [-0.05, 0) is 43.2 Å². The summed E-state index contributed by atoms with van der Waals surface area (Å²) in [7, 11) is 0. The molecule has 2 aromatic carbocycles. The van der Waals surface area contributed by atoms with Crippen molar-refractivity contribution in [3.63, 3.8) is 0 Å². The first-order valence-electron chi connectivity index (χ1n) is 10.4. The van der Waals surface area contributed by atoms with Gasteiger partial charge in [-0.2, -0.15) is 0 Å². The van der Waals surface area contributed by atoms with E-state index >= 15 is 0 Å². The Kier molecular flexibility index (Phi) is 5.41. The fourth-order valence-corrected chi connectivity index (χ4v) is 4.32. The molecule has 32 heavy (non-hydrogen) atoms. The first-order chi connectivity index (χ1) is 15.3. The predicted octanol–water partition coefficient (Wildman–Crippen LogP) is 2.75. The molecule has 0 radical (unpaired) electrons. The number of benzene rings is 2. The van der Waals surface area contributed by atoms with Crippen LogP contribution in [0.3, 0.4) is 0 Å². The Morgan fingerprint density at radius 3 is 2.50 bits per heavy atom. The Morgan fingerprint density at radius 2 is 1.81 bits per heavy atom. The van der Waals surface area contributed by atoms with Crippen LogP contribution < -0.4 is 15.5 Å². The SMILES string of the molecule is CC[C@@]1(c2ccc(F)cc2)NC(=O)N(CC(=O)N2c3ccccc3NC(=O)C[C@@H]2C)C1=O. The summed E-state index contributed by atoms with van der Waals surface area (Å²) >= 11 is 0. The molecular formula is C23H23FN4O4. The lowest BCUT2D eigenvalue weighted by molar-refractivity contribution is -0.135. The number of carbonyl (C=O) groups is 4. The van der Waals surface area contributed by atoms with E-state index in [0.29, 0.717) is 16.9 Å². The molecule has 2 atom stereocenters. The van der Waals surface area contributed by atoms with E-state index in [-0.39, 0.29) is 18.7 Å². The number of fused-ring (bicyclic) bond motifs is 1. The van der Waals surface area contributed by atoms with Crippen molar-refractivity contribution in [1.29, 1.82) is 0 Å².